The third kappa shape index (κ3) is 3.38. The molecule has 4 heteroatoms. The number of guanidine groups is 1. The van der Waals surface area contributed by atoms with Crippen LogP contribution in [0.3, 0.4) is 0 Å². The lowest BCUT2D eigenvalue weighted by Gasteiger charge is -2.37. The molecule has 0 aliphatic carbocycles. The Balaban J connectivity index is 2.72. The summed E-state index contributed by atoms with van der Waals surface area (Å²) in [6.45, 7) is 7.45. The SMILES string of the molecule is CCC1CCCCN1C(=NC(C)C)NN. The van der Waals surface area contributed by atoms with Crippen molar-refractivity contribution in [2.75, 3.05) is 6.54 Å². The lowest BCUT2D eigenvalue weighted by molar-refractivity contribution is 0.228. The first-order chi connectivity index (χ1) is 7.19. The van der Waals surface area contributed by atoms with E-state index in [9.17, 15) is 0 Å². The van der Waals surface area contributed by atoms with Crippen LogP contribution in [0.4, 0.5) is 0 Å². The Hall–Kier alpha value is -0.770. The van der Waals surface area contributed by atoms with Crippen molar-refractivity contribution in [3.05, 3.63) is 0 Å². The minimum Gasteiger partial charge on any atom is -0.339 e. The molecule has 1 rings (SSSR count). The van der Waals surface area contributed by atoms with E-state index in [1.807, 2.05) is 0 Å². The highest BCUT2D eigenvalue weighted by atomic mass is 15.4. The zero-order valence-electron chi connectivity index (χ0n) is 10.2. The van der Waals surface area contributed by atoms with Gasteiger partial charge in [0.2, 0.25) is 5.96 Å². The van der Waals surface area contributed by atoms with E-state index in [1.165, 1.54) is 25.7 Å². The molecule has 0 aromatic rings. The fourth-order valence-electron chi connectivity index (χ4n) is 2.14. The summed E-state index contributed by atoms with van der Waals surface area (Å²) in [6, 6.07) is 0.891. The lowest BCUT2D eigenvalue weighted by atomic mass is 10.0. The lowest BCUT2D eigenvalue weighted by Crippen LogP contribution is -2.51. The Kier molecular flexibility index (Phi) is 4.88. The van der Waals surface area contributed by atoms with Crippen molar-refractivity contribution in [3.63, 3.8) is 0 Å². The van der Waals surface area contributed by atoms with Crippen molar-refractivity contribution in [2.45, 2.75) is 58.5 Å². The number of nitrogens with zero attached hydrogens (tertiary/aromatic N) is 2. The van der Waals surface area contributed by atoms with Gasteiger partial charge in [0.05, 0.1) is 0 Å². The molecule has 4 nitrogen and oxygen atoms in total. The number of hydrogen-bond acceptors (Lipinski definition) is 2. The Morgan fingerprint density at radius 1 is 1.53 bits per heavy atom. The maximum atomic E-state index is 5.55. The van der Waals surface area contributed by atoms with Crippen molar-refractivity contribution in [1.82, 2.24) is 10.3 Å². The quantitative estimate of drug-likeness (QED) is 0.315. The van der Waals surface area contributed by atoms with Gasteiger partial charge in [-0.3, -0.25) is 5.43 Å². The molecule has 1 atom stereocenters. The first kappa shape index (κ1) is 12.3. The summed E-state index contributed by atoms with van der Waals surface area (Å²) in [5, 5.41) is 0. The summed E-state index contributed by atoms with van der Waals surface area (Å²) < 4.78 is 0. The highest BCUT2D eigenvalue weighted by molar-refractivity contribution is 5.80. The number of nitrogens with two attached hydrogens (primary N) is 1. The van der Waals surface area contributed by atoms with E-state index < -0.39 is 0 Å². The highest BCUT2D eigenvalue weighted by Gasteiger charge is 2.23. The molecule has 0 amide bonds. The molecular weight excluding hydrogens is 188 g/mol. The molecule has 0 bridgehead atoms. The summed E-state index contributed by atoms with van der Waals surface area (Å²) in [4.78, 5) is 6.85. The third-order valence-electron chi connectivity index (χ3n) is 2.88. The first-order valence-corrected chi connectivity index (χ1v) is 6.00. The normalized spacial score (nSPS) is 23.4. The van der Waals surface area contributed by atoms with Crippen molar-refractivity contribution in [3.8, 4) is 0 Å². The zero-order chi connectivity index (χ0) is 11.3. The molecule has 0 radical (unpaired) electrons. The van der Waals surface area contributed by atoms with Crippen molar-refractivity contribution < 1.29 is 0 Å². The Labute approximate surface area is 92.9 Å². The third-order valence-corrected chi connectivity index (χ3v) is 2.88. The van der Waals surface area contributed by atoms with Crippen molar-refractivity contribution >= 4 is 5.96 Å². The smallest absolute Gasteiger partial charge is 0.208 e. The summed E-state index contributed by atoms with van der Waals surface area (Å²) >= 11 is 0. The average Bonchev–Trinajstić information content (AvgIpc) is 2.25. The number of rotatable bonds is 2. The van der Waals surface area contributed by atoms with Crippen LogP contribution in [0.1, 0.15) is 46.5 Å². The number of piperidine rings is 1. The van der Waals surface area contributed by atoms with Crippen LogP contribution in [0.25, 0.3) is 0 Å². The number of aliphatic imine (C=N–C) groups is 1. The fraction of sp³-hybridized carbons (Fsp3) is 0.909. The molecule has 1 fully saturated rings. The molecule has 1 saturated heterocycles. The molecule has 1 heterocycles. The van der Waals surface area contributed by atoms with Crippen LogP contribution in [0, 0.1) is 0 Å². The molecule has 0 saturated carbocycles. The van der Waals surface area contributed by atoms with Crippen LogP contribution < -0.4 is 11.3 Å². The van der Waals surface area contributed by atoms with E-state index in [2.05, 4.69) is 36.1 Å². The van der Waals surface area contributed by atoms with Crippen LogP contribution >= 0.6 is 0 Å². The molecule has 1 aliphatic rings. The van der Waals surface area contributed by atoms with E-state index in [0.717, 1.165) is 12.5 Å². The Morgan fingerprint density at radius 3 is 2.80 bits per heavy atom. The van der Waals surface area contributed by atoms with Gasteiger partial charge in [0.25, 0.3) is 0 Å². The largest absolute Gasteiger partial charge is 0.339 e. The summed E-state index contributed by atoms with van der Waals surface area (Å²) in [5.41, 5.74) is 2.74. The van der Waals surface area contributed by atoms with Crippen molar-refractivity contribution in [2.24, 2.45) is 10.8 Å². The maximum absolute atomic E-state index is 5.55. The minimum atomic E-state index is 0.287. The van der Waals surface area contributed by atoms with Gasteiger partial charge in [-0.1, -0.05) is 6.92 Å². The Morgan fingerprint density at radius 2 is 2.27 bits per heavy atom. The zero-order valence-corrected chi connectivity index (χ0v) is 10.2. The average molecular weight is 212 g/mol. The van der Waals surface area contributed by atoms with Crippen LogP contribution in [0.5, 0.6) is 0 Å². The number of likely N-dealkylation sites (tertiary alicyclic amines) is 1. The molecule has 3 N–H and O–H groups in total. The van der Waals surface area contributed by atoms with Crippen LogP contribution in [-0.4, -0.2) is 29.5 Å². The Bertz CT molecular complexity index is 213. The van der Waals surface area contributed by atoms with Gasteiger partial charge in [-0.05, 0) is 39.5 Å². The molecule has 0 spiro atoms. The predicted octanol–water partition coefficient (Wildman–Crippen LogP) is 1.48. The molecule has 88 valence electrons. The van der Waals surface area contributed by atoms with Gasteiger partial charge >= 0.3 is 0 Å². The van der Waals surface area contributed by atoms with Gasteiger partial charge in [-0.25, -0.2) is 10.8 Å². The van der Waals surface area contributed by atoms with Gasteiger partial charge < -0.3 is 4.90 Å². The first-order valence-electron chi connectivity index (χ1n) is 6.00. The van der Waals surface area contributed by atoms with Gasteiger partial charge in [-0.2, -0.15) is 0 Å². The minimum absolute atomic E-state index is 0.287. The monoisotopic (exact) mass is 212 g/mol. The summed E-state index contributed by atoms with van der Waals surface area (Å²) in [7, 11) is 0. The maximum Gasteiger partial charge on any atom is 0.208 e. The summed E-state index contributed by atoms with van der Waals surface area (Å²) in [5.74, 6) is 6.40. The van der Waals surface area contributed by atoms with Gasteiger partial charge in [0.1, 0.15) is 0 Å². The van der Waals surface area contributed by atoms with Crippen LogP contribution in [-0.2, 0) is 0 Å². The number of hydrazine groups is 1. The number of nitrogens with one attached hydrogen (secondary N) is 1. The van der Waals surface area contributed by atoms with Gasteiger partial charge in [0, 0.05) is 18.6 Å². The highest BCUT2D eigenvalue weighted by Crippen LogP contribution is 2.19. The van der Waals surface area contributed by atoms with E-state index in [1.54, 1.807) is 0 Å². The standard InChI is InChI=1S/C11H24N4/c1-4-10-7-5-6-8-15(10)11(14-12)13-9(2)3/h9-10H,4-8,12H2,1-3H3,(H,13,14). The predicted molar refractivity (Wildman–Crippen MR) is 64.5 cm³/mol. The molecule has 0 aromatic carbocycles. The summed E-state index contributed by atoms with van der Waals surface area (Å²) in [6.07, 6.45) is 5.00. The van der Waals surface area contributed by atoms with Gasteiger partial charge in [0.15, 0.2) is 0 Å². The van der Waals surface area contributed by atoms with E-state index >= 15 is 0 Å². The van der Waals surface area contributed by atoms with E-state index in [-0.39, 0.29) is 6.04 Å². The van der Waals surface area contributed by atoms with E-state index in [4.69, 9.17) is 5.84 Å². The van der Waals surface area contributed by atoms with Crippen LogP contribution in [0.2, 0.25) is 0 Å². The second-order valence-electron chi connectivity index (χ2n) is 4.44. The van der Waals surface area contributed by atoms with E-state index in [0.29, 0.717) is 6.04 Å². The van der Waals surface area contributed by atoms with Crippen molar-refractivity contribution in [1.29, 1.82) is 0 Å². The van der Waals surface area contributed by atoms with Crippen LogP contribution in [0.15, 0.2) is 4.99 Å². The second-order valence-corrected chi connectivity index (χ2v) is 4.44. The molecule has 1 aliphatic heterocycles. The number of hydrogen-bond donors (Lipinski definition) is 2. The molecule has 1 unspecified atom stereocenters. The van der Waals surface area contributed by atoms with Gasteiger partial charge in [-0.15, -0.1) is 0 Å². The topological polar surface area (TPSA) is 53.6 Å². The molecule has 0 aromatic heterocycles. The molecular formula is C11H24N4. The second kappa shape index (κ2) is 5.95. The molecule has 15 heavy (non-hydrogen) atoms. The fourth-order valence-corrected chi connectivity index (χ4v) is 2.14.